The van der Waals surface area contributed by atoms with Gasteiger partial charge in [-0.15, -0.1) is 0 Å². The van der Waals surface area contributed by atoms with Gasteiger partial charge in [0.2, 0.25) is 0 Å². The van der Waals surface area contributed by atoms with E-state index in [9.17, 15) is 9.59 Å². The smallest absolute Gasteiger partial charge is 0.336 e. The zero-order valence-corrected chi connectivity index (χ0v) is 13.0. The van der Waals surface area contributed by atoms with Crippen molar-refractivity contribution in [1.82, 2.24) is 0 Å². The summed E-state index contributed by atoms with van der Waals surface area (Å²) in [6, 6.07) is 4.57. The Bertz CT molecular complexity index is 744. The number of carbonyl (C=O) groups is 1. The third-order valence-corrected chi connectivity index (χ3v) is 3.18. The van der Waals surface area contributed by atoms with Crippen LogP contribution in [0.2, 0.25) is 0 Å². The molecule has 6 heteroatoms. The summed E-state index contributed by atoms with van der Waals surface area (Å²) in [4.78, 5) is 23.2. The zero-order valence-electron chi connectivity index (χ0n) is 13.0. The van der Waals surface area contributed by atoms with Crippen molar-refractivity contribution in [2.45, 2.75) is 20.5 Å². The number of benzene rings is 1. The molecule has 0 spiro atoms. The molecule has 0 aliphatic rings. The standard InChI is InChI=1S/C16H18O6/c1-9(2)16(18)21-8-10-5-15(17)22-12-7-14(20-4)13(19-3)6-11(10)12/h5-7,9H,8H2,1-4H3. The van der Waals surface area contributed by atoms with Crippen molar-refractivity contribution >= 4 is 16.9 Å². The van der Waals surface area contributed by atoms with Gasteiger partial charge in [-0.1, -0.05) is 13.8 Å². The number of carbonyl (C=O) groups excluding carboxylic acids is 1. The Morgan fingerprint density at radius 3 is 2.36 bits per heavy atom. The second-order valence-electron chi connectivity index (χ2n) is 5.06. The van der Waals surface area contributed by atoms with Crippen LogP contribution in [0.1, 0.15) is 19.4 Å². The molecule has 0 radical (unpaired) electrons. The summed E-state index contributed by atoms with van der Waals surface area (Å²) >= 11 is 0. The van der Waals surface area contributed by atoms with Crippen LogP contribution < -0.4 is 15.1 Å². The van der Waals surface area contributed by atoms with E-state index in [2.05, 4.69) is 0 Å². The summed E-state index contributed by atoms with van der Waals surface area (Å²) < 4.78 is 20.8. The Labute approximate surface area is 127 Å². The van der Waals surface area contributed by atoms with E-state index in [1.54, 1.807) is 26.0 Å². The number of rotatable bonds is 5. The number of hydrogen-bond acceptors (Lipinski definition) is 6. The van der Waals surface area contributed by atoms with Gasteiger partial charge in [0.15, 0.2) is 11.5 Å². The minimum atomic E-state index is -0.518. The second-order valence-corrected chi connectivity index (χ2v) is 5.06. The van der Waals surface area contributed by atoms with Crippen LogP contribution in [0.5, 0.6) is 11.5 Å². The molecule has 0 bridgehead atoms. The van der Waals surface area contributed by atoms with Gasteiger partial charge in [0.1, 0.15) is 12.2 Å². The molecule has 0 unspecified atom stereocenters. The van der Waals surface area contributed by atoms with E-state index >= 15 is 0 Å². The van der Waals surface area contributed by atoms with E-state index in [-0.39, 0.29) is 18.5 Å². The predicted molar refractivity (Wildman–Crippen MR) is 80.2 cm³/mol. The van der Waals surface area contributed by atoms with Gasteiger partial charge >= 0.3 is 11.6 Å². The van der Waals surface area contributed by atoms with E-state index < -0.39 is 5.63 Å². The monoisotopic (exact) mass is 306 g/mol. The fourth-order valence-electron chi connectivity index (χ4n) is 1.99. The summed E-state index contributed by atoms with van der Waals surface area (Å²) in [5.41, 5.74) is 0.386. The minimum absolute atomic E-state index is 0.00536. The molecule has 2 rings (SSSR count). The average Bonchev–Trinajstić information content (AvgIpc) is 2.50. The lowest BCUT2D eigenvalue weighted by Gasteiger charge is -2.12. The van der Waals surface area contributed by atoms with Crippen molar-refractivity contribution in [2.24, 2.45) is 5.92 Å². The van der Waals surface area contributed by atoms with Crippen molar-refractivity contribution in [3.8, 4) is 11.5 Å². The molecule has 1 heterocycles. The largest absolute Gasteiger partial charge is 0.493 e. The molecule has 6 nitrogen and oxygen atoms in total. The fourth-order valence-corrected chi connectivity index (χ4v) is 1.99. The Hall–Kier alpha value is -2.50. The molecule has 0 saturated carbocycles. The predicted octanol–water partition coefficient (Wildman–Crippen LogP) is 2.51. The summed E-state index contributed by atoms with van der Waals surface area (Å²) in [5, 5.41) is 0.633. The molecule has 22 heavy (non-hydrogen) atoms. The van der Waals surface area contributed by atoms with Gasteiger partial charge in [0.05, 0.1) is 20.1 Å². The lowest BCUT2D eigenvalue weighted by atomic mass is 10.1. The van der Waals surface area contributed by atoms with Gasteiger partial charge in [-0.05, 0) is 6.07 Å². The molecule has 0 amide bonds. The van der Waals surface area contributed by atoms with E-state index in [1.807, 2.05) is 0 Å². The van der Waals surface area contributed by atoms with Crippen molar-refractivity contribution < 1.29 is 23.4 Å². The number of hydrogen-bond donors (Lipinski definition) is 0. The molecule has 0 aliphatic carbocycles. The van der Waals surface area contributed by atoms with Gasteiger partial charge in [0.25, 0.3) is 0 Å². The van der Waals surface area contributed by atoms with Crippen LogP contribution in [0.25, 0.3) is 11.0 Å². The summed E-state index contributed by atoms with van der Waals surface area (Å²) in [6.07, 6.45) is 0. The van der Waals surface area contributed by atoms with Crippen LogP contribution >= 0.6 is 0 Å². The highest BCUT2D eigenvalue weighted by molar-refractivity contribution is 5.84. The average molecular weight is 306 g/mol. The molecule has 0 saturated heterocycles. The first-order valence-electron chi connectivity index (χ1n) is 6.81. The van der Waals surface area contributed by atoms with Crippen LogP contribution in [-0.4, -0.2) is 20.2 Å². The fraction of sp³-hybridized carbons (Fsp3) is 0.375. The maximum Gasteiger partial charge on any atom is 0.336 e. The first kappa shape index (κ1) is 15.9. The molecule has 2 aromatic rings. The molecule has 0 aliphatic heterocycles. The molecule has 0 N–H and O–H groups in total. The maximum atomic E-state index is 11.7. The normalized spacial score (nSPS) is 10.8. The van der Waals surface area contributed by atoms with E-state index in [0.717, 1.165) is 0 Å². The topological polar surface area (TPSA) is 75.0 Å². The van der Waals surface area contributed by atoms with Crippen molar-refractivity contribution in [2.75, 3.05) is 14.2 Å². The van der Waals surface area contributed by atoms with Gasteiger partial charge in [0, 0.05) is 23.1 Å². The summed E-state index contributed by atoms with van der Waals surface area (Å²) in [7, 11) is 3.01. The number of ether oxygens (including phenoxy) is 3. The van der Waals surface area contributed by atoms with Crippen LogP contribution in [0.4, 0.5) is 0 Å². The third-order valence-electron chi connectivity index (χ3n) is 3.18. The van der Waals surface area contributed by atoms with E-state index in [4.69, 9.17) is 18.6 Å². The van der Waals surface area contributed by atoms with E-state index in [1.165, 1.54) is 20.3 Å². The van der Waals surface area contributed by atoms with Crippen LogP contribution in [0.15, 0.2) is 27.4 Å². The molecule has 1 aromatic heterocycles. The molecular formula is C16H18O6. The first-order valence-corrected chi connectivity index (χ1v) is 6.81. The van der Waals surface area contributed by atoms with Gasteiger partial charge in [-0.3, -0.25) is 4.79 Å². The van der Waals surface area contributed by atoms with Crippen LogP contribution in [-0.2, 0) is 16.1 Å². The highest BCUT2D eigenvalue weighted by Gasteiger charge is 2.14. The van der Waals surface area contributed by atoms with Gasteiger partial charge in [-0.25, -0.2) is 4.79 Å². The van der Waals surface area contributed by atoms with Crippen molar-refractivity contribution in [1.29, 1.82) is 0 Å². The van der Waals surface area contributed by atoms with Crippen molar-refractivity contribution in [3.05, 3.63) is 34.2 Å². The highest BCUT2D eigenvalue weighted by atomic mass is 16.5. The highest BCUT2D eigenvalue weighted by Crippen LogP contribution is 2.33. The zero-order chi connectivity index (χ0) is 16.3. The third kappa shape index (κ3) is 3.21. The van der Waals surface area contributed by atoms with Crippen LogP contribution in [0, 0.1) is 5.92 Å². The number of fused-ring (bicyclic) bond motifs is 1. The van der Waals surface area contributed by atoms with Gasteiger partial charge < -0.3 is 18.6 Å². The van der Waals surface area contributed by atoms with E-state index in [0.29, 0.717) is 28.0 Å². The summed E-state index contributed by atoms with van der Waals surface area (Å²) in [6.45, 7) is 3.48. The lowest BCUT2D eigenvalue weighted by molar-refractivity contribution is -0.148. The quantitative estimate of drug-likeness (QED) is 0.624. The Morgan fingerprint density at radius 2 is 1.77 bits per heavy atom. The SMILES string of the molecule is COc1cc2oc(=O)cc(COC(=O)C(C)C)c2cc1OC. The molecular weight excluding hydrogens is 288 g/mol. The van der Waals surface area contributed by atoms with Crippen molar-refractivity contribution in [3.63, 3.8) is 0 Å². The van der Waals surface area contributed by atoms with Crippen LogP contribution in [0.3, 0.4) is 0 Å². The Balaban J connectivity index is 2.49. The molecule has 1 aromatic carbocycles. The lowest BCUT2D eigenvalue weighted by Crippen LogP contribution is -2.12. The number of esters is 1. The minimum Gasteiger partial charge on any atom is -0.493 e. The molecule has 0 atom stereocenters. The molecule has 0 fully saturated rings. The first-order chi connectivity index (χ1) is 10.5. The maximum absolute atomic E-state index is 11.7. The summed E-state index contributed by atoms with van der Waals surface area (Å²) in [5.74, 6) is 0.387. The van der Waals surface area contributed by atoms with Gasteiger partial charge in [-0.2, -0.15) is 0 Å². The Morgan fingerprint density at radius 1 is 1.14 bits per heavy atom. The second kappa shape index (κ2) is 6.51. The molecule has 118 valence electrons. The Kier molecular flexibility index (Phi) is 4.70. The number of methoxy groups -OCH3 is 2.